The normalized spacial score (nSPS) is 28.4. The van der Waals surface area contributed by atoms with Gasteiger partial charge in [0.2, 0.25) is 0 Å². The fourth-order valence-electron chi connectivity index (χ4n) is 1.92. The van der Waals surface area contributed by atoms with Gasteiger partial charge in [-0.25, -0.2) is 0 Å². The van der Waals surface area contributed by atoms with Crippen LogP contribution in [0.25, 0.3) is 0 Å². The van der Waals surface area contributed by atoms with Crippen molar-refractivity contribution in [3.05, 3.63) is 0 Å². The Morgan fingerprint density at radius 2 is 2.29 bits per heavy atom. The first-order chi connectivity index (χ1) is 6.71. The highest BCUT2D eigenvalue weighted by molar-refractivity contribution is 7.98. The number of hydrogen-bond acceptors (Lipinski definition) is 3. The molecule has 1 rings (SSSR count). The van der Waals surface area contributed by atoms with Gasteiger partial charge >= 0.3 is 5.97 Å². The molecule has 1 aliphatic rings. The maximum Gasteiger partial charge on any atom is 0.323 e. The fourth-order valence-corrected chi connectivity index (χ4v) is 2.48. The second kappa shape index (κ2) is 5.61. The zero-order chi connectivity index (χ0) is 10.4. The predicted octanol–water partition coefficient (Wildman–Crippen LogP) is 1.73. The maximum absolute atomic E-state index is 11.3. The summed E-state index contributed by atoms with van der Waals surface area (Å²) in [6.45, 7) is 0.848. The fraction of sp³-hybridized carbons (Fsp3) is 0.900. The number of thioether (sulfide) groups is 1. The second-order valence-corrected chi connectivity index (χ2v) is 4.85. The quantitative estimate of drug-likeness (QED) is 0.753. The molecular formula is C10H19NO2S. The minimum absolute atomic E-state index is 0.639. The van der Waals surface area contributed by atoms with E-state index in [1.165, 1.54) is 0 Å². The summed E-state index contributed by atoms with van der Waals surface area (Å²) in [7, 11) is 0. The van der Waals surface area contributed by atoms with E-state index >= 15 is 0 Å². The standard InChI is InChI=1S/C10H19NO2S/c1-14-8-6-10(9(12)13)5-3-2-4-7-11-10/h11H,2-8H2,1H3,(H,12,13)/t10-/m0/s1. The molecule has 0 unspecified atom stereocenters. The Hall–Kier alpha value is -0.220. The van der Waals surface area contributed by atoms with Crippen LogP contribution < -0.4 is 5.32 Å². The average molecular weight is 217 g/mol. The van der Waals surface area contributed by atoms with Gasteiger partial charge in [-0.3, -0.25) is 4.79 Å². The third-order valence-corrected chi connectivity index (χ3v) is 3.50. The Labute approximate surface area is 89.6 Å². The number of aliphatic carboxylic acids is 1. The third-order valence-electron chi connectivity index (χ3n) is 2.89. The smallest absolute Gasteiger partial charge is 0.323 e. The monoisotopic (exact) mass is 217 g/mol. The summed E-state index contributed by atoms with van der Waals surface area (Å²) in [5.74, 6) is 0.243. The Morgan fingerprint density at radius 3 is 2.93 bits per heavy atom. The van der Waals surface area contributed by atoms with Gasteiger partial charge in [-0.1, -0.05) is 12.8 Å². The summed E-state index contributed by atoms with van der Waals surface area (Å²) < 4.78 is 0. The first-order valence-electron chi connectivity index (χ1n) is 5.19. The lowest BCUT2D eigenvalue weighted by atomic mass is 9.91. The van der Waals surface area contributed by atoms with Crippen LogP contribution in [0.3, 0.4) is 0 Å². The molecule has 0 amide bonds. The molecule has 0 aromatic heterocycles. The molecule has 1 atom stereocenters. The lowest BCUT2D eigenvalue weighted by molar-refractivity contribution is -0.145. The van der Waals surface area contributed by atoms with Crippen LogP contribution in [0.5, 0.6) is 0 Å². The van der Waals surface area contributed by atoms with E-state index in [1.54, 1.807) is 11.8 Å². The van der Waals surface area contributed by atoms with Gasteiger partial charge in [-0.2, -0.15) is 11.8 Å². The first-order valence-corrected chi connectivity index (χ1v) is 6.58. The molecule has 3 nitrogen and oxygen atoms in total. The topological polar surface area (TPSA) is 49.3 Å². The molecule has 14 heavy (non-hydrogen) atoms. The minimum Gasteiger partial charge on any atom is -0.480 e. The van der Waals surface area contributed by atoms with E-state index in [0.717, 1.165) is 44.4 Å². The Kier molecular flexibility index (Phi) is 4.75. The van der Waals surface area contributed by atoms with Gasteiger partial charge in [0.15, 0.2) is 0 Å². The lowest BCUT2D eigenvalue weighted by Crippen LogP contribution is -2.52. The van der Waals surface area contributed by atoms with Crippen LogP contribution in [0.1, 0.15) is 32.1 Å². The Balaban J connectivity index is 2.62. The highest BCUT2D eigenvalue weighted by atomic mass is 32.2. The van der Waals surface area contributed by atoms with Gasteiger partial charge in [-0.05, 0) is 37.8 Å². The number of nitrogens with one attached hydrogen (secondary N) is 1. The van der Waals surface area contributed by atoms with Gasteiger partial charge in [0, 0.05) is 0 Å². The van der Waals surface area contributed by atoms with Crippen LogP contribution in [0, 0.1) is 0 Å². The van der Waals surface area contributed by atoms with Crippen molar-refractivity contribution in [1.29, 1.82) is 0 Å². The molecule has 1 aliphatic heterocycles. The molecule has 82 valence electrons. The Bertz CT molecular complexity index is 189. The molecule has 0 aliphatic carbocycles. The SMILES string of the molecule is CSCC[C@]1(C(=O)O)CCCCCN1. The van der Waals surface area contributed by atoms with E-state index in [4.69, 9.17) is 0 Å². The summed E-state index contributed by atoms with van der Waals surface area (Å²) in [6.07, 6.45) is 6.84. The molecule has 0 radical (unpaired) electrons. The van der Waals surface area contributed by atoms with Crippen molar-refractivity contribution in [2.45, 2.75) is 37.6 Å². The van der Waals surface area contributed by atoms with Crippen molar-refractivity contribution in [2.75, 3.05) is 18.6 Å². The van der Waals surface area contributed by atoms with Crippen LogP contribution in [0.2, 0.25) is 0 Å². The minimum atomic E-state index is -0.673. The van der Waals surface area contributed by atoms with E-state index in [-0.39, 0.29) is 0 Å². The molecular weight excluding hydrogens is 198 g/mol. The van der Waals surface area contributed by atoms with Crippen molar-refractivity contribution < 1.29 is 9.90 Å². The van der Waals surface area contributed by atoms with Crippen molar-refractivity contribution in [1.82, 2.24) is 5.32 Å². The highest BCUT2D eigenvalue weighted by Crippen LogP contribution is 2.24. The molecule has 0 bridgehead atoms. The van der Waals surface area contributed by atoms with E-state index < -0.39 is 11.5 Å². The van der Waals surface area contributed by atoms with Gasteiger partial charge in [-0.15, -0.1) is 0 Å². The second-order valence-electron chi connectivity index (χ2n) is 3.87. The molecule has 1 heterocycles. The van der Waals surface area contributed by atoms with Crippen LogP contribution >= 0.6 is 11.8 Å². The van der Waals surface area contributed by atoms with Crippen LogP contribution in [-0.2, 0) is 4.79 Å². The van der Waals surface area contributed by atoms with E-state index in [1.807, 2.05) is 6.26 Å². The van der Waals surface area contributed by atoms with Gasteiger partial charge in [0.05, 0.1) is 0 Å². The summed E-state index contributed by atoms with van der Waals surface area (Å²) >= 11 is 1.71. The molecule has 0 aromatic rings. The van der Waals surface area contributed by atoms with Crippen LogP contribution in [0.4, 0.5) is 0 Å². The summed E-state index contributed by atoms with van der Waals surface area (Å²) in [5, 5.41) is 12.5. The molecule has 1 saturated heterocycles. The number of hydrogen-bond donors (Lipinski definition) is 2. The molecule has 2 N–H and O–H groups in total. The number of carboxylic acid groups (broad SMARTS) is 1. The number of carbonyl (C=O) groups is 1. The first kappa shape index (κ1) is 11.9. The molecule has 4 heteroatoms. The van der Waals surface area contributed by atoms with Crippen molar-refractivity contribution in [2.24, 2.45) is 0 Å². The summed E-state index contributed by atoms with van der Waals surface area (Å²) in [6, 6.07) is 0. The largest absolute Gasteiger partial charge is 0.480 e. The third kappa shape index (κ3) is 2.89. The van der Waals surface area contributed by atoms with Gasteiger partial charge in [0.25, 0.3) is 0 Å². The molecule has 0 aromatic carbocycles. The Morgan fingerprint density at radius 1 is 1.50 bits per heavy atom. The maximum atomic E-state index is 11.3. The van der Waals surface area contributed by atoms with E-state index in [9.17, 15) is 9.90 Å². The van der Waals surface area contributed by atoms with Gasteiger partial charge < -0.3 is 10.4 Å². The number of rotatable bonds is 4. The van der Waals surface area contributed by atoms with Crippen LogP contribution in [0.15, 0.2) is 0 Å². The molecule has 0 spiro atoms. The van der Waals surface area contributed by atoms with Crippen molar-refractivity contribution in [3.8, 4) is 0 Å². The predicted molar refractivity (Wildman–Crippen MR) is 59.8 cm³/mol. The van der Waals surface area contributed by atoms with Gasteiger partial charge in [0.1, 0.15) is 5.54 Å². The molecule has 1 fully saturated rings. The van der Waals surface area contributed by atoms with E-state index in [0.29, 0.717) is 0 Å². The molecule has 0 saturated carbocycles. The van der Waals surface area contributed by atoms with Crippen LogP contribution in [-0.4, -0.2) is 35.2 Å². The summed E-state index contributed by atoms with van der Waals surface area (Å²) in [5.41, 5.74) is -0.639. The zero-order valence-corrected chi connectivity index (χ0v) is 9.53. The number of carboxylic acids is 1. The van der Waals surface area contributed by atoms with E-state index in [2.05, 4.69) is 5.32 Å². The van der Waals surface area contributed by atoms with Crippen molar-refractivity contribution >= 4 is 17.7 Å². The van der Waals surface area contributed by atoms with Crippen molar-refractivity contribution in [3.63, 3.8) is 0 Å². The highest BCUT2D eigenvalue weighted by Gasteiger charge is 2.37. The lowest BCUT2D eigenvalue weighted by Gasteiger charge is -2.28. The zero-order valence-electron chi connectivity index (χ0n) is 8.71. The average Bonchev–Trinajstić information content (AvgIpc) is 2.41. The summed E-state index contributed by atoms with van der Waals surface area (Å²) in [4.78, 5) is 11.3.